The molecule has 34 heavy (non-hydrogen) atoms. The Kier molecular flexibility index (Phi) is 6.27. The summed E-state index contributed by atoms with van der Waals surface area (Å²) in [7, 11) is 1.49. The standard InChI is InChI=1S/C23H25F3N6O2/c1-3-4-11-31-18-19(28-21(31)30-10-6-9-17(27)14-30)29(2)22(34)32(20(18)33)13-15-7-5-8-16(12-15)23(24,25)26/h5,7-8,12,17H,6,9-11,13-14,27H2,1-2H3/t17-/m1/s1. The van der Waals surface area contributed by atoms with Gasteiger partial charge in [-0.25, -0.2) is 4.79 Å². The van der Waals surface area contributed by atoms with Crippen molar-refractivity contribution in [2.24, 2.45) is 12.8 Å². The number of fused-ring (bicyclic) bond motifs is 1. The zero-order valence-electron chi connectivity index (χ0n) is 18.9. The predicted molar refractivity (Wildman–Crippen MR) is 123 cm³/mol. The molecule has 1 aliphatic heterocycles. The lowest BCUT2D eigenvalue weighted by atomic mass is 10.1. The number of nitrogens with two attached hydrogens (primary N) is 1. The average Bonchev–Trinajstić information content (AvgIpc) is 3.18. The van der Waals surface area contributed by atoms with Crippen LogP contribution in [0.25, 0.3) is 11.2 Å². The van der Waals surface area contributed by atoms with Gasteiger partial charge in [-0.05, 0) is 37.5 Å². The van der Waals surface area contributed by atoms with Gasteiger partial charge in [0.25, 0.3) is 5.56 Å². The number of aryl methyl sites for hydroxylation is 1. The monoisotopic (exact) mass is 474 g/mol. The van der Waals surface area contributed by atoms with E-state index < -0.39 is 23.0 Å². The molecule has 1 saturated heterocycles. The van der Waals surface area contributed by atoms with Crippen LogP contribution in [0.2, 0.25) is 0 Å². The van der Waals surface area contributed by atoms with E-state index in [1.165, 1.54) is 23.7 Å². The van der Waals surface area contributed by atoms with E-state index in [4.69, 9.17) is 5.73 Å². The van der Waals surface area contributed by atoms with Gasteiger partial charge in [-0.2, -0.15) is 18.2 Å². The quantitative estimate of drug-likeness (QED) is 0.584. The molecule has 11 heteroatoms. The fourth-order valence-corrected chi connectivity index (χ4v) is 4.27. The topological polar surface area (TPSA) is 91.1 Å². The van der Waals surface area contributed by atoms with Crippen molar-refractivity contribution in [1.29, 1.82) is 0 Å². The van der Waals surface area contributed by atoms with E-state index in [0.717, 1.165) is 29.5 Å². The van der Waals surface area contributed by atoms with Crippen molar-refractivity contribution in [3.05, 3.63) is 56.2 Å². The van der Waals surface area contributed by atoms with E-state index in [-0.39, 0.29) is 35.9 Å². The Morgan fingerprint density at radius 1 is 1.24 bits per heavy atom. The van der Waals surface area contributed by atoms with Crippen LogP contribution < -0.4 is 21.9 Å². The van der Waals surface area contributed by atoms with Crippen molar-refractivity contribution in [3.63, 3.8) is 0 Å². The number of hydrogen-bond acceptors (Lipinski definition) is 5. The van der Waals surface area contributed by atoms with Crippen LogP contribution in [0.1, 0.15) is 30.9 Å². The van der Waals surface area contributed by atoms with Crippen LogP contribution >= 0.6 is 0 Å². The molecule has 0 bridgehead atoms. The molecule has 180 valence electrons. The van der Waals surface area contributed by atoms with E-state index in [1.54, 1.807) is 11.5 Å². The van der Waals surface area contributed by atoms with Gasteiger partial charge in [-0.15, -0.1) is 5.92 Å². The highest BCUT2D eigenvalue weighted by Crippen LogP contribution is 2.29. The number of imidazole rings is 1. The fourth-order valence-electron chi connectivity index (χ4n) is 4.27. The number of halogens is 3. The molecule has 1 aliphatic rings. The summed E-state index contributed by atoms with van der Waals surface area (Å²) in [6.07, 6.45) is -2.78. The first-order valence-corrected chi connectivity index (χ1v) is 10.9. The van der Waals surface area contributed by atoms with E-state index in [0.29, 0.717) is 19.0 Å². The van der Waals surface area contributed by atoms with Crippen molar-refractivity contribution in [1.82, 2.24) is 18.7 Å². The molecule has 0 spiro atoms. The molecule has 2 N–H and O–H groups in total. The van der Waals surface area contributed by atoms with E-state index in [9.17, 15) is 22.8 Å². The third-order valence-electron chi connectivity index (χ3n) is 5.96. The Balaban J connectivity index is 1.89. The predicted octanol–water partition coefficient (Wildman–Crippen LogP) is 1.91. The Hall–Kier alpha value is -3.52. The molecule has 3 aromatic rings. The minimum absolute atomic E-state index is 0.0411. The van der Waals surface area contributed by atoms with Crippen molar-refractivity contribution in [2.45, 2.75) is 45.1 Å². The summed E-state index contributed by atoms with van der Waals surface area (Å²) in [4.78, 5) is 33.1. The summed E-state index contributed by atoms with van der Waals surface area (Å²) in [5, 5.41) is 0. The Labute approximate surface area is 193 Å². The second-order valence-electron chi connectivity index (χ2n) is 8.38. The van der Waals surface area contributed by atoms with Crippen molar-refractivity contribution in [2.75, 3.05) is 18.0 Å². The van der Waals surface area contributed by atoms with Gasteiger partial charge in [0, 0.05) is 26.2 Å². The maximum atomic E-state index is 13.5. The average molecular weight is 474 g/mol. The largest absolute Gasteiger partial charge is 0.416 e. The lowest BCUT2D eigenvalue weighted by molar-refractivity contribution is -0.137. The van der Waals surface area contributed by atoms with Crippen molar-refractivity contribution in [3.8, 4) is 11.8 Å². The second-order valence-corrected chi connectivity index (χ2v) is 8.38. The molecule has 0 aliphatic carbocycles. The van der Waals surface area contributed by atoms with Gasteiger partial charge in [-0.3, -0.25) is 18.5 Å². The summed E-state index contributed by atoms with van der Waals surface area (Å²) >= 11 is 0. The molecule has 1 aromatic carbocycles. The normalized spacial score (nSPS) is 16.5. The molecule has 1 fully saturated rings. The number of alkyl halides is 3. The number of rotatable bonds is 4. The highest BCUT2D eigenvalue weighted by molar-refractivity contribution is 5.75. The SMILES string of the molecule is CC#CCn1c(N2CCC[C@@H](N)C2)nc2c1c(=O)n(Cc1cccc(C(F)(F)F)c1)c(=O)n2C. The minimum atomic E-state index is -4.53. The Morgan fingerprint density at radius 3 is 2.68 bits per heavy atom. The molecule has 1 atom stereocenters. The first-order chi connectivity index (χ1) is 16.1. The molecular formula is C23H25F3N6O2. The Morgan fingerprint density at radius 2 is 2.00 bits per heavy atom. The van der Waals surface area contributed by atoms with Crippen molar-refractivity contribution >= 4 is 17.1 Å². The zero-order valence-corrected chi connectivity index (χ0v) is 18.9. The number of piperidine rings is 1. The van der Waals surface area contributed by atoms with Crippen molar-refractivity contribution < 1.29 is 13.2 Å². The molecule has 0 unspecified atom stereocenters. The van der Waals surface area contributed by atoms with Crippen LogP contribution in [0, 0.1) is 11.8 Å². The van der Waals surface area contributed by atoms with Gasteiger partial charge in [0.1, 0.15) is 0 Å². The molecule has 0 saturated carbocycles. The van der Waals surface area contributed by atoms with Gasteiger partial charge in [0.15, 0.2) is 11.2 Å². The molecule has 4 rings (SSSR count). The smallest absolute Gasteiger partial charge is 0.341 e. The summed E-state index contributed by atoms with van der Waals surface area (Å²) in [6, 6.07) is 4.55. The number of hydrogen-bond donors (Lipinski definition) is 1. The van der Waals surface area contributed by atoms with Crippen LogP contribution in [0.15, 0.2) is 33.9 Å². The van der Waals surface area contributed by atoms with Crippen LogP contribution in [0.4, 0.5) is 19.1 Å². The highest BCUT2D eigenvalue weighted by atomic mass is 19.4. The first-order valence-electron chi connectivity index (χ1n) is 10.9. The first kappa shape index (κ1) is 23.6. The summed E-state index contributed by atoms with van der Waals surface area (Å²) in [6.45, 7) is 2.79. The zero-order chi connectivity index (χ0) is 24.6. The molecule has 3 heterocycles. The van der Waals surface area contributed by atoms with E-state index >= 15 is 0 Å². The molecule has 2 aromatic heterocycles. The number of nitrogens with zero attached hydrogens (tertiary/aromatic N) is 5. The number of benzene rings is 1. The van der Waals surface area contributed by atoms with Gasteiger partial charge in [0.2, 0.25) is 5.95 Å². The van der Waals surface area contributed by atoms with E-state index in [2.05, 4.69) is 16.8 Å². The van der Waals surface area contributed by atoms with Crippen LogP contribution in [0.3, 0.4) is 0 Å². The van der Waals surface area contributed by atoms with Gasteiger partial charge in [0.05, 0.1) is 18.7 Å². The van der Waals surface area contributed by atoms with Gasteiger partial charge in [-0.1, -0.05) is 18.1 Å². The summed E-state index contributed by atoms with van der Waals surface area (Å²) in [5.41, 5.74) is 4.56. The summed E-state index contributed by atoms with van der Waals surface area (Å²) in [5.74, 6) is 6.24. The lowest BCUT2D eigenvalue weighted by Crippen LogP contribution is -2.44. The van der Waals surface area contributed by atoms with E-state index in [1.807, 2.05) is 4.90 Å². The van der Waals surface area contributed by atoms with Gasteiger partial charge >= 0.3 is 11.9 Å². The second kappa shape index (κ2) is 9.02. The molecule has 0 amide bonds. The molecular weight excluding hydrogens is 449 g/mol. The minimum Gasteiger partial charge on any atom is -0.341 e. The van der Waals surface area contributed by atoms with Gasteiger partial charge < -0.3 is 10.6 Å². The number of aromatic nitrogens is 4. The van der Waals surface area contributed by atoms with Crippen LogP contribution in [0.5, 0.6) is 0 Å². The highest BCUT2D eigenvalue weighted by Gasteiger charge is 2.31. The summed E-state index contributed by atoms with van der Waals surface area (Å²) < 4.78 is 43.3. The molecule has 0 radical (unpaired) electrons. The molecule has 8 nitrogen and oxygen atoms in total. The fraction of sp³-hybridized carbons (Fsp3) is 0.435. The maximum absolute atomic E-state index is 13.5. The third kappa shape index (κ3) is 4.33. The maximum Gasteiger partial charge on any atom is 0.416 e. The Bertz CT molecular complexity index is 1410. The van der Waals surface area contributed by atoms with Crippen LogP contribution in [-0.2, 0) is 26.3 Å². The number of anilines is 1. The van der Waals surface area contributed by atoms with Crippen LogP contribution in [-0.4, -0.2) is 37.8 Å². The lowest BCUT2D eigenvalue weighted by Gasteiger charge is -2.31. The third-order valence-corrected chi connectivity index (χ3v) is 5.96.